The van der Waals surface area contributed by atoms with Gasteiger partial charge >= 0.3 is 0 Å². The summed E-state index contributed by atoms with van der Waals surface area (Å²) < 4.78 is 6.62. The van der Waals surface area contributed by atoms with E-state index in [1.54, 1.807) is 30.6 Å². The number of hydrogen-bond acceptors (Lipinski definition) is 5. The highest BCUT2D eigenvalue weighted by atomic mass is 79.9. The maximum Gasteiger partial charge on any atom is 0.183 e. The van der Waals surface area contributed by atoms with Gasteiger partial charge in [0, 0.05) is 28.5 Å². The fourth-order valence-electron chi connectivity index (χ4n) is 2.69. The summed E-state index contributed by atoms with van der Waals surface area (Å²) in [7, 11) is 0. The van der Waals surface area contributed by atoms with Crippen molar-refractivity contribution in [2.45, 2.75) is 6.10 Å². The van der Waals surface area contributed by atoms with Gasteiger partial charge in [-0.1, -0.05) is 35.0 Å². The van der Waals surface area contributed by atoms with Gasteiger partial charge in [-0.15, -0.1) is 11.3 Å². The maximum atomic E-state index is 11.1. The molecule has 26 heavy (non-hydrogen) atoms. The van der Waals surface area contributed by atoms with Crippen molar-refractivity contribution in [1.82, 2.24) is 10.1 Å². The molecular weight excluding hydrogens is 436 g/mol. The van der Waals surface area contributed by atoms with Crippen LogP contribution in [0, 0.1) is 0 Å². The van der Waals surface area contributed by atoms with Gasteiger partial charge in [-0.25, -0.2) is 0 Å². The zero-order valence-corrected chi connectivity index (χ0v) is 16.4. The fraction of sp³-hybridized carbons (Fsp3) is 0.0526. The third kappa shape index (κ3) is 3.33. The van der Waals surface area contributed by atoms with E-state index in [1.165, 1.54) is 11.3 Å². The minimum Gasteiger partial charge on any atom is -0.383 e. The van der Waals surface area contributed by atoms with Crippen LogP contribution in [0.25, 0.3) is 21.9 Å². The highest BCUT2D eigenvalue weighted by molar-refractivity contribution is 9.11. The summed E-state index contributed by atoms with van der Waals surface area (Å²) in [6, 6.07) is 14.8. The first-order valence-electron chi connectivity index (χ1n) is 7.72. The van der Waals surface area contributed by atoms with E-state index in [2.05, 4.69) is 26.1 Å². The molecule has 0 spiro atoms. The summed E-state index contributed by atoms with van der Waals surface area (Å²) in [6.07, 6.45) is 2.38. The van der Waals surface area contributed by atoms with E-state index in [0.717, 1.165) is 14.2 Å². The van der Waals surface area contributed by atoms with Crippen molar-refractivity contribution in [3.63, 3.8) is 0 Å². The molecule has 0 saturated carbocycles. The Morgan fingerprint density at radius 2 is 1.92 bits per heavy atom. The molecule has 0 bridgehead atoms. The molecule has 0 amide bonds. The van der Waals surface area contributed by atoms with Crippen LogP contribution in [0.1, 0.15) is 17.2 Å². The molecule has 0 aliphatic rings. The Balaban J connectivity index is 1.90. The second-order valence-corrected chi connectivity index (χ2v) is 8.47. The van der Waals surface area contributed by atoms with E-state index in [9.17, 15) is 5.11 Å². The Hall–Kier alpha value is -1.99. The topological polar surface area (TPSA) is 59.2 Å². The van der Waals surface area contributed by atoms with Crippen LogP contribution < -0.4 is 0 Å². The normalized spacial score (nSPS) is 12.3. The predicted octanol–water partition coefficient (Wildman–Crippen LogP) is 5.96. The molecule has 130 valence electrons. The summed E-state index contributed by atoms with van der Waals surface area (Å²) >= 11 is 11.0. The number of thiophene rings is 1. The maximum absolute atomic E-state index is 11.1. The number of aromatic nitrogens is 2. The molecule has 4 rings (SSSR count). The zero-order chi connectivity index (χ0) is 18.1. The summed E-state index contributed by atoms with van der Waals surface area (Å²) in [5, 5.41) is 15.9. The van der Waals surface area contributed by atoms with Crippen LogP contribution >= 0.6 is 38.9 Å². The van der Waals surface area contributed by atoms with Crippen molar-refractivity contribution in [3.8, 4) is 21.9 Å². The minimum absolute atomic E-state index is 0.544. The van der Waals surface area contributed by atoms with Crippen molar-refractivity contribution in [2.24, 2.45) is 0 Å². The average Bonchev–Trinajstić information content (AvgIpc) is 3.28. The zero-order valence-electron chi connectivity index (χ0n) is 13.3. The van der Waals surface area contributed by atoms with Crippen molar-refractivity contribution in [1.29, 1.82) is 0 Å². The van der Waals surface area contributed by atoms with Gasteiger partial charge in [0.15, 0.2) is 5.76 Å². The van der Waals surface area contributed by atoms with Crippen LogP contribution in [0.2, 0.25) is 5.02 Å². The molecule has 0 aliphatic heterocycles. The number of aliphatic hydroxyl groups is 1. The van der Waals surface area contributed by atoms with Gasteiger partial charge < -0.3 is 9.63 Å². The van der Waals surface area contributed by atoms with Crippen LogP contribution in [-0.2, 0) is 0 Å². The van der Waals surface area contributed by atoms with Gasteiger partial charge in [-0.3, -0.25) is 4.98 Å². The first-order valence-corrected chi connectivity index (χ1v) is 9.71. The van der Waals surface area contributed by atoms with Gasteiger partial charge in [0.25, 0.3) is 0 Å². The van der Waals surface area contributed by atoms with E-state index in [-0.39, 0.29) is 0 Å². The van der Waals surface area contributed by atoms with E-state index in [1.807, 2.05) is 30.3 Å². The number of aliphatic hydroxyl groups excluding tert-OH is 1. The molecule has 0 aliphatic carbocycles. The SMILES string of the molecule is OC(c1cccnc1)c1c(-c2ccc(Cl)cc2)noc1-c1ccc(Br)s1. The smallest absolute Gasteiger partial charge is 0.183 e. The Morgan fingerprint density at radius 1 is 1.12 bits per heavy atom. The molecule has 4 nitrogen and oxygen atoms in total. The average molecular weight is 448 g/mol. The lowest BCUT2D eigenvalue weighted by molar-refractivity contribution is 0.220. The van der Waals surface area contributed by atoms with E-state index >= 15 is 0 Å². The van der Waals surface area contributed by atoms with Gasteiger partial charge in [0.1, 0.15) is 11.8 Å². The highest BCUT2D eigenvalue weighted by Gasteiger charge is 2.27. The molecule has 1 aromatic carbocycles. The van der Waals surface area contributed by atoms with Gasteiger partial charge in [0.05, 0.1) is 14.2 Å². The number of hydrogen-bond donors (Lipinski definition) is 1. The second-order valence-electron chi connectivity index (χ2n) is 5.57. The minimum atomic E-state index is -0.920. The van der Waals surface area contributed by atoms with E-state index in [4.69, 9.17) is 16.1 Å². The van der Waals surface area contributed by atoms with Crippen LogP contribution in [0.4, 0.5) is 0 Å². The van der Waals surface area contributed by atoms with E-state index in [0.29, 0.717) is 27.6 Å². The molecule has 3 aromatic heterocycles. The summed E-state index contributed by atoms with van der Waals surface area (Å²) in [5.41, 5.74) is 2.67. The summed E-state index contributed by atoms with van der Waals surface area (Å²) in [4.78, 5) is 4.98. The van der Waals surface area contributed by atoms with Crippen molar-refractivity contribution in [3.05, 3.63) is 80.9 Å². The molecule has 1 unspecified atom stereocenters. The Labute approximate surface area is 167 Å². The number of pyridine rings is 1. The standard InChI is InChI=1S/C19H12BrClN2O2S/c20-15-8-7-14(26-15)19-16(18(24)12-2-1-9-22-10-12)17(23-25-19)11-3-5-13(21)6-4-11/h1-10,18,24H. The third-order valence-corrected chi connectivity index (χ3v) is 5.79. The molecule has 0 radical (unpaired) electrons. The number of nitrogens with zero attached hydrogens (tertiary/aromatic N) is 2. The molecule has 7 heteroatoms. The highest BCUT2D eigenvalue weighted by Crippen LogP contribution is 2.42. The van der Waals surface area contributed by atoms with Gasteiger partial charge in [-0.2, -0.15) is 0 Å². The quantitative estimate of drug-likeness (QED) is 0.419. The number of halogens is 2. The summed E-state index contributed by atoms with van der Waals surface area (Å²) in [6.45, 7) is 0. The monoisotopic (exact) mass is 446 g/mol. The van der Waals surface area contributed by atoms with Crippen LogP contribution in [0.3, 0.4) is 0 Å². The van der Waals surface area contributed by atoms with Crippen LogP contribution in [0.15, 0.2) is 69.2 Å². The molecule has 3 heterocycles. The van der Waals surface area contributed by atoms with E-state index < -0.39 is 6.10 Å². The van der Waals surface area contributed by atoms with Crippen molar-refractivity contribution >= 4 is 38.9 Å². The van der Waals surface area contributed by atoms with Crippen molar-refractivity contribution < 1.29 is 9.63 Å². The number of benzene rings is 1. The molecule has 1 atom stereocenters. The lowest BCUT2D eigenvalue weighted by atomic mass is 9.97. The van der Waals surface area contributed by atoms with Crippen LogP contribution in [0.5, 0.6) is 0 Å². The largest absolute Gasteiger partial charge is 0.383 e. The molecule has 1 N–H and O–H groups in total. The fourth-order valence-corrected chi connectivity index (χ4v) is 4.19. The Bertz CT molecular complexity index is 1030. The predicted molar refractivity (Wildman–Crippen MR) is 106 cm³/mol. The Morgan fingerprint density at radius 3 is 2.58 bits per heavy atom. The lowest BCUT2D eigenvalue weighted by Gasteiger charge is -2.12. The van der Waals surface area contributed by atoms with Gasteiger partial charge in [0.2, 0.25) is 0 Å². The lowest BCUT2D eigenvalue weighted by Crippen LogP contribution is -2.02. The molecule has 4 aromatic rings. The van der Waals surface area contributed by atoms with Crippen LogP contribution in [-0.4, -0.2) is 15.2 Å². The van der Waals surface area contributed by atoms with Gasteiger partial charge in [-0.05, 0) is 46.3 Å². The second kappa shape index (κ2) is 7.32. The Kier molecular flexibility index (Phi) is 4.91. The first-order chi connectivity index (χ1) is 12.6. The molecule has 0 saturated heterocycles. The molecule has 0 fully saturated rings. The van der Waals surface area contributed by atoms with Crippen molar-refractivity contribution in [2.75, 3.05) is 0 Å². The third-order valence-electron chi connectivity index (χ3n) is 3.92. The summed E-state index contributed by atoms with van der Waals surface area (Å²) in [5.74, 6) is 0.544. The molecular formula is C19H12BrClN2O2S. The first kappa shape index (κ1) is 17.4. The number of rotatable bonds is 4.